The SMILES string of the molecule is CCCCCCCCCCCCCCNC(=O)C[N+]1(C)CC(CS(=O)O)C(CS(=O)(=O)O)C1. The summed E-state index contributed by atoms with van der Waals surface area (Å²) >= 11 is -2.05. The second-order valence-electron chi connectivity index (χ2n) is 10.1. The molecule has 4 atom stereocenters. The molecule has 1 aliphatic rings. The number of amides is 1. The van der Waals surface area contributed by atoms with E-state index in [1.807, 2.05) is 7.05 Å². The molecule has 1 fully saturated rings. The molecule has 1 heterocycles. The molecule has 1 aliphatic heterocycles. The van der Waals surface area contributed by atoms with Crippen LogP contribution in [0.5, 0.6) is 0 Å². The van der Waals surface area contributed by atoms with E-state index in [4.69, 9.17) is 0 Å². The number of rotatable bonds is 19. The monoisotopic (exact) mass is 511 g/mol. The summed E-state index contributed by atoms with van der Waals surface area (Å²) < 4.78 is 52.7. The van der Waals surface area contributed by atoms with E-state index >= 15 is 0 Å². The molecule has 8 nitrogen and oxygen atoms in total. The van der Waals surface area contributed by atoms with Gasteiger partial charge in [0.15, 0.2) is 17.6 Å². The lowest BCUT2D eigenvalue weighted by Crippen LogP contribution is -2.49. The molecule has 4 unspecified atom stereocenters. The van der Waals surface area contributed by atoms with Crippen molar-refractivity contribution in [2.24, 2.45) is 11.8 Å². The Morgan fingerprint density at radius 3 is 1.91 bits per heavy atom. The highest BCUT2D eigenvalue weighted by atomic mass is 32.2. The van der Waals surface area contributed by atoms with Crippen molar-refractivity contribution in [1.29, 1.82) is 0 Å². The fourth-order valence-electron chi connectivity index (χ4n) is 5.06. The molecule has 3 N–H and O–H groups in total. The highest BCUT2D eigenvalue weighted by Gasteiger charge is 2.45. The van der Waals surface area contributed by atoms with Crippen LogP contribution in [-0.2, 0) is 26.0 Å². The van der Waals surface area contributed by atoms with Crippen molar-refractivity contribution in [3.63, 3.8) is 0 Å². The summed E-state index contributed by atoms with van der Waals surface area (Å²) in [5, 5.41) is 2.96. The first kappa shape index (κ1) is 30.5. The minimum absolute atomic E-state index is 0.0471. The topological polar surface area (TPSA) is 121 Å². The number of likely N-dealkylation sites (N-methyl/N-ethyl adjacent to an activating group) is 1. The number of nitrogens with zero attached hydrogens (tertiary/aromatic N) is 1. The van der Waals surface area contributed by atoms with E-state index in [1.165, 1.54) is 64.2 Å². The van der Waals surface area contributed by atoms with Crippen molar-refractivity contribution in [3.8, 4) is 0 Å². The van der Waals surface area contributed by atoms with Crippen LogP contribution in [0.4, 0.5) is 0 Å². The van der Waals surface area contributed by atoms with Crippen LogP contribution in [0.2, 0.25) is 0 Å². The molecule has 0 radical (unpaired) electrons. The van der Waals surface area contributed by atoms with Gasteiger partial charge in [-0.25, -0.2) is 4.21 Å². The number of hydrogen-bond acceptors (Lipinski definition) is 4. The van der Waals surface area contributed by atoms with Crippen molar-refractivity contribution in [2.75, 3.05) is 44.7 Å². The van der Waals surface area contributed by atoms with E-state index < -0.39 is 32.9 Å². The zero-order chi connectivity index (χ0) is 24.7. The molecule has 10 heteroatoms. The lowest BCUT2D eigenvalue weighted by atomic mass is 10.0. The molecule has 1 rings (SSSR count). The number of unbranched alkanes of at least 4 members (excludes halogenated alkanes) is 11. The molecule has 0 bridgehead atoms. The molecular weight excluding hydrogens is 464 g/mol. The van der Waals surface area contributed by atoms with Gasteiger partial charge >= 0.3 is 0 Å². The van der Waals surface area contributed by atoms with Crippen molar-refractivity contribution < 1.29 is 31.0 Å². The third-order valence-electron chi connectivity index (χ3n) is 6.68. The summed E-state index contributed by atoms with van der Waals surface area (Å²) in [6.45, 7) is 3.90. The number of hydrogen-bond donors (Lipinski definition) is 3. The van der Waals surface area contributed by atoms with Crippen molar-refractivity contribution in [3.05, 3.63) is 0 Å². The summed E-state index contributed by atoms with van der Waals surface area (Å²) in [5.74, 6) is -1.34. The second-order valence-corrected chi connectivity index (χ2v) is 12.6. The summed E-state index contributed by atoms with van der Waals surface area (Å²) in [6, 6.07) is 0. The van der Waals surface area contributed by atoms with E-state index in [9.17, 15) is 26.5 Å². The van der Waals surface area contributed by atoms with Crippen molar-refractivity contribution in [2.45, 2.75) is 84.0 Å². The minimum atomic E-state index is -4.18. The molecule has 0 saturated carbocycles. The Labute approximate surface area is 203 Å². The molecule has 0 aromatic carbocycles. The average molecular weight is 512 g/mol. The molecular formula is C23H47N2O6S2+. The molecule has 0 aromatic heterocycles. The first-order valence-corrected chi connectivity index (χ1v) is 15.6. The fraction of sp³-hybridized carbons (Fsp3) is 0.957. The summed E-state index contributed by atoms with van der Waals surface area (Å²) in [6.07, 6.45) is 15.2. The Balaban J connectivity index is 2.19. The van der Waals surface area contributed by atoms with Crippen LogP contribution in [0, 0.1) is 11.8 Å². The van der Waals surface area contributed by atoms with Crippen LogP contribution >= 0.6 is 0 Å². The van der Waals surface area contributed by atoms with Gasteiger partial charge in [-0.2, -0.15) is 8.42 Å². The van der Waals surface area contributed by atoms with Gasteiger partial charge in [0.2, 0.25) is 0 Å². The number of carbonyl (C=O) groups excluding carboxylic acids is 1. The third kappa shape index (κ3) is 15.1. The first-order valence-electron chi connectivity index (χ1n) is 12.7. The Bertz CT molecular complexity index is 688. The lowest BCUT2D eigenvalue weighted by Gasteiger charge is -2.29. The molecule has 196 valence electrons. The van der Waals surface area contributed by atoms with Crippen LogP contribution in [0.15, 0.2) is 0 Å². The molecule has 0 aromatic rings. The van der Waals surface area contributed by atoms with Crippen LogP contribution < -0.4 is 5.32 Å². The molecule has 1 amide bonds. The maximum absolute atomic E-state index is 12.4. The molecule has 0 aliphatic carbocycles. The number of quaternary nitrogens is 1. The third-order valence-corrected chi connectivity index (χ3v) is 8.24. The van der Waals surface area contributed by atoms with Gasteiger partial charge < -0.3 is 14.4 Å². The van der Waals surface area contributed by atoms with Gasteiger partial charge in [0.1, 0.15) is 0 Å². The maximum Gasteiger partial charge on any atom is 0.275 e. The normalized spacial score (nSPS) is 24.1. The second kappa shape index (κ2) is 16.2. The smallest absolute Gasteiger partial charge is 0.275 e. The van der Waals surface area contributed by atoms with Crippen molar-refractivity contribution >= 4 is 27.1 Å². The van der Waals surface area contributed by atoms with Gasteiger partial charge in [0, 0.05) is 18.4 Å². The predicted molar refractivity (Wildman–Crippen MR) is 134 cm³/mol. The van der Waals surface area contributed by atoms with Crippen LogP contribution in [0.1, 0.15) is 84.0 Å². The van der Waals surface area contributed by atoms with Crippen LogP contribution in [-0.4, -0.2) is 76.9 Å². The van der Waals surface area contributed by atoms with E-state index in [-0.39, 0.29) is 24.1 Å². The maximum atomic E-state index is 12.4. The molecule has 0 spiro atoms. The van der Waals surface area contributed by atoms with E-state index in [0.29, 0.717) is 24.1 Å². The zero-order valence-electron chi connectivity index (χ0n) is 20.7. The standard InChI is InChI=1S/C23H46N2O6S2/c1-3-4-5-6-7-8-9-10-11-12-13-14-15-24-23(26)18-25(2)16-21(19-32(27)28)22(17-25)20-33(29,30)31/h21-22H,3-20H2,1-2H3,(H2-,24,26,27,28,29,30,31)/p+1. The van der Waals surface area contributed by atoms with Gasteiger partial charge in [0.25, 0.3) is 16.0 Å². The Hall–Kier alpha value is -0.550. The number of likely N-dealkylation sites (tertiary alicyclic amines) is 1. The van der Waals surface area contributed by atoms with Gasteiger partial charge in [-0.1, -0.05) is 77.6 Å². The van der Waals surface area contributed by atoms with Gasteiger partial charge in [0.05, 0.1) is 31.6 Å². The summed E-state index contributed by atoms with van der Waals surface area (Å²) in [4.78, 5) is 12.4. The van der Waals surface area contributed by atoms with Gasteiger partial charge in [-0.15, -0.1) is 0 Å². The summed E-state index contributed by atoms with van der Waals surface area (Å²) in [7, 11) is -2.32. The fourth-order valence-corrected chi connectivity index (χ4v) is 6.72. The largest absolute Gasteiger partial charge is 0.351 e. The minimum Gasteiger partial charge on any atom is -0.351 e. The number of carbonyl (C=O) groups is 1. The Morgan fingerprint density at radius 2 is 1.42 bits per heavy atom. The van der Waals surface area contributed by atoms with E-state index in [1.54, 1.807) is 0 Å². The predicted octanol–water partition coefficient (Wildman–Crippen LogP) is 3.61. The van der Waals surface area contributed by atoms with Gasteiger partial charge in [-0.05, 0) is 6.42 Å². The highest BCUT2D eigenvalue weighted by Crippen LogP contribution is 2.30. The average Bonchev–Trinajstić information content (AvgIpc) is 2.97. The van der Waals surface area contributed by atoms with E-state index in [2.05, 4.69) is 12.2 Å². The quantitative estimate of drug-likeness (QED) is 0.105. The molecule has 1 saturated heterocycles. The summed E-state index contributed by atoms with van der Waals surface area (Å²) in [5.41, 5.74) is 0. The van der Waals surface area contributed by atoms with E-state index in [0.717, 1.165) is 12.8 Å². The zero-order valence-corrected chi connectivity index (χ0v) is 22.3. The van der Waals surface area contributed by atoms with Crippen molar-refractivity contribution in [1.82, 2.24) is 5.32 Å². The number of nitrogens with one attached hydrogen (secondary N) is 1. The highest BCUT2D eigenvalue weighted by molar-refractivity contribution is 7.85. The Kier molecular flexibility index (Phi) is 14.9. The van der Waals surface area contributed by atoms with Gasteiger partial charge in [-0.3, -0.25) is 9.35 Å². The lowest BCUT2D eigenvalue weighted by molar-refractivity contribution is -0.892. The van der Waals surface area contributed by atoms with Crippen LogP contribution in [0.25, 0.3) is 0 Å². The van der Waals surface area contributed by atoms with Crippen LogP contribution in [0.3, 0.4) is 0 Å². The first-order chi connectivity index (χ1) is 15.5. The Morgan fingerprint density at radius 1 is 0.939 bits per heavy atom. The molecule has 33 heavy (non-hydrogen) atoms.